The van der Waals surface area contributed by atoms with E-state index in [4.69, 9.17) is 34.8 Å². The highest BCUT2D eigenvalue weighted by atomic mass is 35.5. The maximum absolute atomic E-state index is 11.6. The highest BCUT2D eigenvalue weighted by Gasteiger charge is 2.25. The summed E-state index contributed by atoms with van der Waals surface area (Å²) >= 11 is 18.0. The molecular weight excluding hydrogens is 355 g/mol. The molecule has 1 aliphatic heterocycles. The summed E-state index contributed by atoms with van der Waals surface area (Å²) in [6, 6.07) is 3.28. The third kappa shape index (κ3) is 4.63. The van der Waals surface area contributed by atoms with E-state index in [2.05, 4.69) is 5.32 Å². The average molecular weight is 372 g/mol. The minimum absolute atomic E-state index is 0.249. The van der Waals surface area contributed by atoms with E-state index in [9.17, 15) is 8.42 Å². The number of benzene rings is 1. The van der Waals surface area contributed by atoms with E-state index in [0.29, 0.717) is 40.4 Å². The van der Waals surface area contributed by atoms with Crippen molar-refractivity contribution >= 4 is 50.5 Å². The molecule has 1 atom stereocenters. The van der Waals surface area contributed by atoms with Crippen LogP contribution >= 0.6 is 34.8 Å². The first-order valence-electron chi connectivity index (χ1n) is 6.61. The summed E-state index contributed by atoms with van der Waals surface area (Å²) in [7, 11) is -3.12. The highest BCUT2D eigenvalue weighted by Crippen LogP contribution is 2.32. The van der Waals surface area contributed by atoms with Gasteiger partial charge >= 0.3 is 0 Å². The van der Waals surface area contributed by atoms with Gasteiger partial charge in [0.05, 0.1) is 27.0 Å². The van der Waals surface area contributed by atoms with Gasteiger partial charge in [0.15, 0.2) is 0 Å². The highest BCUT2D eigenvalue weighted by molar-refractivity contribution is 7.88. The molecule has 0 aliphatic carbocycles. The Kier molecular flexibility index (Phi) is 5.65. The van der Waals surface area contributed by atoms with Crippen LogP contribution in [-0.2, 0) is 10.0 Å². The Hall–Kier alpha value is -0.200. The van der Waals surface area contributed by atoms with Gasteiger partial charge in [0, 0.05) is 19.6 Å². The molecule has 21 heavy (non-hydrogen) atoms. The first kappa shape index (κ1) is 17.2. The molecule has 0 amide bonds. The van der Waals surface area contributed by atoms with Crippen LogP contribution in [0.2, 0.25) is 15.1 Å². The Morgan fingerprint density at radius 3 is 2.57 bits per heavy atom. The van der Waals surface area contributed by atoms with Gasteiger partial charge in [-0.1, -0.05) is 34.8 Å². The van der Waals surface area contributed by atoms with E-state index in [0.717, 1.165) is 12.8 Å². The van der Waals surface area contributed by atoms with E-state index in [1.54, 1.807) is 12.1 Å². The molecule has 1 heterocycles. The van der Waals surface area contributed by atoms with Gasteiger partial charge in [0.25, 0.3) is 0 Å². The van der Waals surface area contributed by atoms with E-state index in [1.165, 1.54) is 10.6 Å². The first-order chi connectivity index (χ1) is 9.77. The summed E-state index contributed by atoms with van der Waals surface area (Å²) in [5, 5.41) is 4.57. The normalized spacial score (nSPS) is 20.5. The number of piperidine rings is 1. The molecule has 2 rings (SSSR count). The number of nitrogens with zero attached hydrogens (tertiary/aromatic N) is 1. The molecule has 1 aromatic carbocycles. The van der Waals surface area contributed by atoms with Crippen LogP contribution in [-0.4, -0.2) is 38.6 Å². The second kappa shape index (κ2) is 6.92. The number of hydrogen-bond donors (Lipinski definition) is 1. The van der Waals surface area contributed by atoms with Crippen LogP contribution < -0.4 is 5.32 Å². The quantitative estimate of drug-likeness (QED) is 0.820. The van der Waals surface area contributed by atoms with E-state index in [1.807, 2.05) is 0 Å². The van der Waals surface area contributed by atoms with Crippen LogP contribution in [0.5, 0.6) is 0 Å². The van der Waals surface area contributed by atoms with Gasteiger partial charge in [0.1, 0.15) is 0 Å². The summed E-state index contributed by atoms with van der Waals surface area (Å²) in [4.78, 5) is 0. The first-order valence-corrected chi connectivity index (χ1v) is 9.59. The van der Waals surface area contributed by atoms with E-state index >= 15 is 0 Å². The lowest BCUT2D eigenvalue weighted by Gasteiger charge is -2.31. The van der Waals surface area contributed by atoms with Crippen molar-refractivity contribution in [2.75, 3.05) is 31.2 Å². The molecule has 1 unspecified atom stereocenters. The largest absolute Gasteiger partial charge is 0.383 e. The smallest absolute Gasteiger partial charge is 0.211 e. The molecule has 1 N–H and O–H groups in total. The lowest BCUT2D eigenvalue weighted by atomic mass is 9.99. The monoisotopic (exact) mass is 370 g/mol. The van der Waals surface area contributed by atoms with Crippen molar-refractivity contribution < 1.29 is 8.42 Å². The van der Waals surface area contributed by atoms with Crippen molar-refractivity contribution in [3.63, 3.8) is 0 Å². The predicted octanol–water partition coefficient (Wildman–Crippen LogP) is 3.73. The van der Waals surface area contributed by atoms with Crippen molar-refractivity contribution in [3.8, 4) is 0 Å². The lowest BCUT2D eigenvalue weighted by Crippen LogP contribution is -2.41. The number of halogens is 3. The van der Waals surface area contributed by atoms with Crippen LogP contribution in [0.15, 0.2) is 12.1 Å². The van der Waals surface area contributed by atoms with Crippen molar-refractivity contribution in [2.24, 2.45) is 5.92 Å². The van der Waals surface area contributed by atoms with Crippen LogP contribution in [0, 0.1) is 5.92 Å². The van der Waals surface area contributed by atoms with Crippen LogP contribution in [0.1, 0.15) is 12.8 Å². The van der Waals surface area contributed by atoms with Crippen molar-refractivity contribution in [1.29, 1.82) is 0 Å². The fourth-order valence-corrected chi connectivity index (χ4v) is 3.96. The summed E-state index contributed by atoms with van der Waals surface area (Å²) in [6.07, 6.45) is 3.10. The van der Waals surface area contributed by atoms with Gasteiger partial charge < -0.3 is 5.32 Å². The van der Waals surface area contributed by atoms with Crippen LogP contribution in [0.4, 0.5) is 5.69 Å². The zero-order valence-electron chi connectivity index (χ0n) is 11.6. The molecule has 1 saturated heterocycles. The number of anilines is 1. The standard InChI is InChI=1S/C13H17Cl3N2O2S/c1-21(19,20)18-4-2-3-9(8-18)7-17-13-6-11(15)10(14)5-12(13)16/h5-6,9,17H,2-4,7-8H2,1H3. The third-order valence-corrected chi connectivity index (χ3v) is 5.85. The number of sulfonamides is 1. The van der Waals surface area contributed by atoms with Crippen LogP contribution in [0.3, 0.4) is 0 Å². The molecule has 1 aromatic rings. The Bertz CT molecular complexity index is 622. The van der Waals surface area contributed by atoms with Gasteiger partial charge in [0.2, 0.25) is 10.0 Å². The predicted molar refractivity (Wildman–Crippen MR) is 89.1 cm³/mol. The molecule has 1 aliphatic rings. The number of hydrogen-bond acceptors (Lipinski definition) is 3. The molecule has 4 nitrogen and oxygen atoms in total. The number of rotatable bonds is 4. The maximum atomic E-state index is 11.6. The van der Waals surface area contributed by atoms with Crippen molar-refractivity contribution in [1.82, 2.24) is 4.31 Å². The third-order valence-electron chi connectivity index (χ3n) is 3.54. The second-order valence-corrected chi connectivity index (χ2v) is 8.46. The Morgan fingerprint density at radius 1 is 1.24 bits per heavy atom. The number of nitrogens with one attached hydrogen (secondary N) is 1. The summed E-state index contributed by atoms with van der Waals surface area (Å²) in [6.45, 7) is 1.78. The van der Waals surface area contributed by atoms with Crippen LogP contribution in [0.25, 0.3) is 0 Å². The lowest BCUT2D eigenvalue weighted by molar-refractivity contribution is 0.277. The molecule has 8 heteroatoms. The minimum Gasteiger partial charge on any atom is -0.383 e. The SMILES string of the molecule is CS(=O)(=O)N1CCCC(CNc2cc(Cl)c(Cl)cc2Cl)C1. The molecule has 0 bridgehead atoms. The fraction of sp³-hybridized carbons (Fsp3) is 0.538. The van der Waals surface area contributed by atoms with Gasteiger partial charge in [-0.3, -0.25) is 0 Å². The van der Waals surface area contributed by atoms with Crippen molar-refractivity contribution in [3.05, 3.63) is 27.2 Å². The summed E-state index contributed by atoms with van der Waals surface area (Å²) in [5.74, 6) is 0.249. The Labute approximate surface area is 140 Å². The minimum atomic E-state index is -3.12. The van der Waals surface area contributed by atoms with Gasteiger partial charge in [-0.25, -0.2) is 12.7 Å². The molecule has 0 saturated carbocycles. The molecule has 0 aromatic heterocycles. The summed E-state index contributed by atoms with van der Waals surface area (Å²) < 4.78 is 24.7. The van der Waals surface area contributed by atoms with Gasteiger partial charge in [-0.2, -0.15) is 0 Å². The zero-order valence-corrected chi connectivity index (χ0v) is 14.7. The topological polar surface area (TPSA) is 49.4 Å². The summed E-state index contributed by atoms with van der Waals surface area (Å²) in [5.41, 5.74) is 0.711. The average Bonchev–Trinajstić information content (AvgIpc) is 2.41. The molecule has 1 fully saturated rings. The van der Waals surface area contributed by atoms with E-state index in [-0.39, 0.29) is 5.92 Å². The zero-order chi connectivity index (χ0) is 15.6. The maximum Gasteiger partial charge on any atom is 0.211 e. The van der Waals surface area contributed by atoms with Crippen molar-refractivity contribution in [2.45, 2.75) is 12.8 Å². The molecule has 118 valence electrons. The van der Waals surface area contributed by atoms with E-state index < -0.39 is 10.0 Å². The van der Waals surface area contributed by atoms with Gasteiger partial charge in [-0.15, -0.1) is 0 Å². The molecule has 0 radical (unpaired) electrons. The Balaban J connectivity index is 1.98. The second-order valence-electron chi connectivity index (χ2n) is 5.26. The molecular formula is C13H17Cl3N2O2S. The fourth-order valence-electron chi connectivity index (χ4n) is 2.41. The Morgan fingerprint density at radius 2 is 1.90 bits per heavy atom. The van der Waals surface area contributed by atoms with Gasteiger partial charge in [-0.05, 0) is 30.9 Å². The molecule has 0 spiro atoms.